The number of rotatable bonds is 5. The molecule has 11 heteroatoms. The maximum absolute atomic E-state index is 12.0. The molecule has 0 aliphatic carbocycles. The van der Waals surface area contributed by atoms with Gasteiger partial charge in [0, 0.05) is 36.1 Å². The third-order valence-corrected chi connectivity index (χ3v) is 6.75. The Morgan fingerprint density at radius 3 is 2.69 bits per heavy atom. The van der Waals surface area contributed by atoms with Crippen LogP contribution in [0.4, 0.5) is 17.5 Å². The second-order valence-electron chi connectivity index (χ2n) is 7.82. The SMILES string of the molecule is Cc1nc(-c2cnc(Nc3ccc4c(c3)C(O)CCS4=O)nc2N)no1.OCCc1ccccc1. The summed E-state index contributed by atoms with van der Waals surface area (Å²) in [7, 11) is -1.08. The van der Waals surface area contributed by atoms with E-state index in [0.717, 1.165) is 6.42 Å². The van der Waals surface area contributed by atoms with Gasteiger partial charge in [-0.2, -0.15) is 9.97 Å². The number of hydrogen-bond acceptors (Lipinski definition) is 10. The van der Waals surface area contributed by atoms with Gasteiger partial charge in [0.05, 0.1) is 22.5 Å². The standard InChI is InChI=1S/C16H16N6O3S.C8H10O/c1-8-19-15(22-25-8)11-7-18-16(21-14(11)17)20-9-2-3-13-10(6-9)12(23)4-5-26(13)24;9-7-6-8-4-2-1-3-5-8/h2-3,6-7,12,23H,4-5H2,1H3,(H3,17,18,20,21);1-5,9H,6-7H2. The molecule has 0 bridgehead atoms. The number of nitrogens with one attached hydrogen (secondary N) is 1. The topological polar surface area (TPSA) is 160 Å². The Morgan fingerprint density at radius 2 is 2.00 bits per heavy atom. The van der Waals surface area contributed by atoms with Crippen molar-refractivity contribution < 1.29 is 18.9 Å². The smallest absolute Gasteiger partial charge is 0.229 e. The van der Waals surface area contributed by atoms with E-state index in [4.69, 9.17) is 15.4 Å². The van der Waals surface area contributed by atoms with E-state index in [2.05, 4.69) is 25.4 Å². The van der Waals surface area contributed by atoms with Crippen molar-refractivity contribution in [2.75, 3.05) is 23.4 Å². The highest BCUT2D eigenvalue weighted by Gasteiger charge is 2.23. The van der Waals surface area contributed by atoms with Gasteiger partial charge in [-0.25, -0.2) is 4.98 Å². The van der Waals surface area contributed by atoms with Crippen molar-refractivity contribution in [1.29, 1.82) is 0 Å². The number of benzene rings is 2. The monoisotopic (exact) mass is 494 g/mol. The summed E-state index contributed by atoms with van der Waals surface area (Å²) < 4.78 is 17.0. The van der Waals surface area contributed by atoms with Crippen LogP contribution in [0.15, 0.2) is 64.1 Å². The van der Waals surface area contributed by atoms with Crippen molar-refractivity contribution >= 4 is 28.3 Å². The molecule has 182 valence electrons. The van der Waals surface area contributed by atoms with Crippen LogP contribution in [0.3, 0.4) is 0 Å². The van der Waals surface area contributed by atoms with Gasteiger partial charge in [-0.3, -0.25) is 4.21 Å². The van der Waals surface area contributed by atoms with Crippen LogP contribution in [0.1, 0.15) is 29.5 Å². The molecule has 5 rings (SSSR count). The Kier molecular flexibility index (Phi) is 7.80. The minimum absolute atomic E-state index is 0.211. The van der Waals surface area contributed by atoms with Crippen LogP contribution in [0, 0.1) is 6.92 Å². The number of aliphatic hydroxyl groups excluding tert-OH is 2. The number of aromatic nitrogens is 4. The number of nitrogens with two attached hydrogens (primary N) is 1. The zero-order valence-electron chi connectivity index (χ0n) is 19.1. The largest absolute Gasteiger partial charge is 0.396 e. The number of aryl methyl sites for hydroxylation is 1. The van der Waals surface area contributed by atoms with E-state index in [9.17, 15) is 9.32 Å². The predicted molar refractivity (Wildman–Crippen MR) is 132 cm³/mol. The molecule has 5 N–H and O–H groups in total. The molecule has 2 atom stereocenters. The Balaban J connectivity index is 0.000000271. The summed E-state index contributed by atoms with van der Waals surface area (Å²) in [6, 6.07) is 15.2. The fraction of sp³-hybridized carbons (Fsp3) is 0.250. The highest BCUT2D eigenvalue weighted by Crippen LogP contribution is 2.32. The van der Waals surface area contributed by atoms with Crippen molar-refractivity contribution in [3.63, 3.8) is 0 Å². The van der Waals surface area contributed by atoms with Crippen LogP contribution in [0.2, 0.25) is 0 Å². The highest BCUT2D eigenvalue weighted by atomic mass is 32.2. The first-order valence-corrected chi connectivity index (χ1v) is 12.3. The first-order chi connectivity index (χ1) is 16.9. The second-order valence-corrected chi connectivity index (χ2v) is 9.36. The Bertz CT molecular complexity index is 1310. The van der Waals surface area contributed by atoms with E-state index in [1.165, 1.54) is 11.8 Å². The fourth-order valence-corrected chi connectivity index (χ4v) is 4.85. The van der Waals surface area contributed by atoms with Gasteiger partial charge >= 0.3 is 0 Å². The molecular weight excluding hydrogens is 468 g/mol. The Labute approximate surface area is 204 Å². The quantitative estimate of drug-likeness (QED) is 0.325. The van der Waals surface area contributed by atoms with Crippen LogP contribution in [-0.4, -0.2) is 46.9 Å². The van der Waals surface area contributed by atoms with Gasteiger partial charge in [-0.05, 0) is 42.2 Å². The highest BCUT2D eigenvalue weighted by molar-refractivity contribution is 7.85. The normalized spacial score (nSPS) is 16.7. The van der Waals surface area contributed by atoms with Gasteiger partial charge in [-0.1, -0.05) is 35.5 Å². The molecule has 35 heavy (non-hydrogen) atoms. The average Bonchev–Trinajstić information content (AvgIpc) is 3.29. The molecular formula is C24H26N6O4S. The minimum Gasteiger partial charge on any atom is -0.396 e. The third kappa shape index (κ3) is 6.07. The predicted octanol–water partition coefficient (Wildman–Crippen LogP) is 2.93. The third-order valence-electron chi connectivity index (χ3n) is 5.28. The van der Waals surface area contributed by atoms with Crippen LogP contribution < -0.4 is 11.1 Å². The maximum atomic E-state index is 12.0. The maximum Gasteiger partial charge on any atom is 0.229 e. The first kappa shape index (κ1) is 24.5. The summed E-state index contributed by atoms with van der Waals surface area (Å²) >= 11 is 0. The Hall–Kier alpha value is -3.67. The number of aliphatic hydroxyl groups is 2. The van der Waals surface area contributed by atoms with E-state index in [-0.39, 0.29) is 18.4 Å². The second kappa shape index (κ2) is 11.2. The molecule has 2 aromatic heterocycles. The van der Waals surface area contributed by atoms with Crippen LogP contribution >= 0.6 is 0 Å². The number of fused-ring (bicyclic) bond motifs is 1. The lowest BCUT2D eigenvalue weighted by Crippen LogP contribution is -2.15. The zero-order valence-corrected chi connectivity index (χ0v) is 19.9. The number of hydrogen-bond donors (Lipinski definition) is 4. The lowest BCUT2D eigenvalue weighted by Gasteiger charge is -2.21. The van der Waals surface area contributed by atoms with Crippen LogP contribution in [-0.2, 0) is 17.2 Å². The lowest BCUT2D eigenvalue weighted by atomic mass is 10.1. The Morgan fingerprint density at radius 1 is 1.20 bits per heavy atom. The fourth-order valence-electron chi connectivity index (χ4n) is 3.52. The number of nitrogens with zero attached hydrogens (tertiary/aromatic N) is 4. The molecule has 0 radical (unpaired) electrons. The van der Waals surface area contributed by atoms with Crippen molar-refractivity contribution in [2.45, 2.75) is 30.8 Å². The molecule has 0 spiro atoms. The van der Waals surface area contributed by atoms with Crippen LogP contribution in [0.25, 0.3) is 11.4 Å². The summed E-state index contributed by atoms with van der Waals surface area (Å²) in [5.41, 5.74) is 8.97. The summed E-state index contributed by atoms with van der Waals surface area (Å²) in [6.07, 6.45) is 2.13. The zero-order chi connectivity index (χ0) is 24.8. The van der Waals surface area contributed by atoms with Crippen molar-refractivity contribution in [2.24, 2.45) is 0 Å². The van der Waals surface area contributed by atoms with Crippen molar-refractivity contribution in [3.8, 4) is 11.4 Å². The summed E-state index contributed by atoms with van der Waals surface area (Å²) in [5.74, 6) is 1.72. The van der Waals surface area contributed by atoms with E-state index >= 15 is 0 Å². The summed E-state index contributed by atoms with van der Waals surface area (Å²) in [5, 5.41) is 25.5. The van der Waals surface area contributed by atoms with E-state index in [0.29, 0.717) is 45.6 Å². The van der Waals surface area contributed by atoms with Gasteiger partial charge in [0.2, 0.25) is 17.7 Å². The van der Waals surface area contributed by atoms with E-state index in [1.54, 1.807) is 25.1 Å². The molecule has 0 fully saturated rings. The van der Waals surface area contributed by atoms with Gasteiger partial charge in [0.1, 0.15) is 5.82 Å². The summed E-state index contributed by atoms with van der Waals surface area (Å²) in [4.78, 5) is 13.2. The summed E-state index contributed by atoms with van der Waals surface area (Å²) in [6.45, 7) is 1.92. The van der Waals surface area contributed by atoms with E-state index in [1.807, 2.05) is 30.3 Å². The minimum atomic E-state index is -1.08. The van der Waals surface area contributed by atoms with Crippen molar-refractivity contribution in [1.82, 2.24) is 20.1 Å². The molecule has 4 aromatic rings. The molecule has 3 heterocycles. The molecule has 0 saturated carbocycles. The molecule has 0 saturated heterocycles. The van der Waals surface area contributed by atoms with Gasteiger partial charge in [0.15, 0.2) is 0 Å². The number of nitrogen functional groups attached to an aromatic ring is 1. The van der Waals surface area contributed by atoms with Crippen molar-refractivity contribution in [3.05, 3.63) is 71.7 Å². The average molecular weight is 495 g/mol. The molecule has 1 aliphatic heterocycles. The van der Waals surface area contributed by atoms with Gasteiger partial charge < -0.3 is 25.8 Å². The molecule has 10 nitrogen and oxygen atoms in total. The van der Waals surface area contributed by atoms with Crippen LogP contribution in [0.5, 0.6) is 0 Å². The molecule has 1 aliphatic rings. The molecule has 2 unspecified atom stereocenters. The van der Waals surface area contributed by atoms with E-state index < -0.39 is 16.9 Å². The van der Waals surface area contributed by atoms with Gasteiger partial charge in [-0.15, -0.1) is 0 Å². The molecule has 2 aromatic carbocycles. The number of anilines is 3. The molecule has 0 amide bonds. The first-order valence-electron chi connectivity index (χ1n) is 11.0. The lowest BCUT2D eigenvalue weighted by molar-refractivity contribution is 0.169. The van der Waals surface area contributed by atoms with Gasteiger partial charge in [0.25, 0.3) is 0 Å².